The van der Waals surface area contributed by atoms with Crippen LogP contribution in [0.2, 0.25) is 0 Å². The Hall–Kier alpha value is -7.59. The third-order valence-corrected chi connectivity index (χ3v) is 12.6. The van der Waals surface area contributed by atoms with Gasteiger partial charge in [-0.1, -0.05) is 50.2 Å². The molecule has 2 heterocycles. The molecule has 2 aliphatic heterocycles. The zero-order valence-electron chi connectivity index (χ0n) is 40.6. The van der Waals surface area contributed by atoms with Gasteiger partial charge < -0.3 is 68.0 Å². The van der Waals surface area contributed by atoms with Crippen molar-refractivity contribution in [3.8, 4) is 23.0 Å². The molecule has 5 rings (SSSR count). The van der Waals surface area contributed by atoms with E-state index in [0.717, 1.165) is 12.5 Å². The summed E-state index contributed by atoms with van der Waals surface area (Å²) in [5.74, 6) is -7.34. The molecule has 71 heavy (non-hydrogen) atoms. The smallest absolute Gasteiger partial charge is 0.305 e. The maximum Gasteiger partial charge on any atom is 0.305 e. The number of fused-ring (bicyclic) bond motifs is 2. The van der Waals surface area contributed by atoms with E-state index in [0.29, 0.717) is 23.5 Å². The van der Waals surface area contributed by atoms with Gasteiger partial charge >= 0.3 is 5.97 Å². The van der Waals surface area contributed by atoms with Gasteiger partial charge in [-0.3, -0.25) is 43.8 Å². The van der Waals surface area contributed by atoms with E-state index < -0.39 is 101 Å². The van der Waals surface area contributed by atoms with Gasteiger partial charge in [-0.05, 0) is 63.6 Å². The summed E-state index contributed by atoms with van der Waals surface area (Å²) < 4.78 is 17.6. The lowest BCUT2D eigenvalue weighted by molar-refractivity contribution is -0.148. The average molecular weight is 985 g/mol. The minimum Gasteiger partial charge on any atom is -0.497 e. The number of carbonyl (C=O) groups is 8. The SMILES string of the molecule is COc1ccc2c(c1)Oc1cc(OC)cc(C(NC(=O)[C@@H]3CCCN3C(=O)[C@@H](N)Cc3ccccc3)(C(C)=O)C(=O)[C@H](CC(=O)O)NC(=O)CNC(=O)[C@H](CCCNC(=N)N)NC(=O)[C@H](C)N)c1C2(C)C. The number of ether oxygens (including phenoxy) is 3. The number of methoxy groups -OCH3 is 2. The van der Waals surface area contributed by atoms with E-state index in [9.17, 15) is 33.9 Å². The second-order valence-corrected chi connectivity index (χ2v) is 18.1. The first-order valence-corrected chi connectivity index (χ1v) is 23.0. The molecule has 0 saturated carbocycles. The van der Waals surface area contributed by atoms with Gasteiger partial charge in [0.05, 0.1) is 39.3 Å². The number of carboxylic acid groups (broad SMARTS) is 1. The first kappa shape index (κ1) is 54.4. The molecule has 22 heteroatoms. The number of benzene rings is 3. The predicted octanol–water partition coefficient (Wildman–Crippen LogP) is 0.337. The highest BCUT2D eigenvalue weighted by Gasteiger charge is 2.55. The Morgan fingerprint density at radius 3 is 2.21 bits per heavy atom. The van der Waals surface area contributed by atoms with E-state index in [4.69, 9.17) is 36.8 Å². The zero-order chi connectivity index (χ0) is 52.4. The van der Waals surface area contributed by atoms with E-state index in [-0.39, 0.29) is 67.4 Å². The summed E-state index contributed by atoms with van der Waals surface area (Å²) in [6.07, 6.45) is -0.259. The molecule has 3 aromatic rings. The zero-order valence-corrected chi connectivity index (χ0v) is 40.6. The molecule has 1 fully saturated rings. The number of nitrogens with two attached hydrogens (primary N) is 3. The quantitative estimate of drug-likeness (QED) is 0.0265. The van der Waals surface area contributed by atoms with Gasteiger partial charge in [0.2, 0.25) is 29.5 Å². The molecule has 22 nitrogen and oxygen atoms in total. The van der Waals surface area contributed by atoms with Crippen LogP contribution in [0.25, 0.3) is 0 Å². The summed E-state index contributed by atoms with van der Waals surface area (Å²) in [4.78, 5) is 113. The molecule has 5 amide bonds. The van der Waals surface area contributed by atoms with E-state index >= 15 is 9.59 Å². The van der Waals surface area contributed by atoms with Crippen molar-refractivity contribution in [1.82, 2.24) is 31.5 Å². The van der Waals surface area contributed by atoms with Crippen LogP contribution >= 0.6 is 0 Å². The molecular weight excluding hydrogens is 921 g/mol. The maximum atomic E-state index is 15.7. The predicted molar refractivity (Wildman–Crippen MR) is 258 cm³/mol. The summed E-state index contributed by atoms with van der Waals surface area (Å²) >= 11 is 0. The van der Waals surface area contributed by atoms with E-state index in [1.165, 1.54) is 38.2 Å². The van der Waals surface area contributed by atoms with E-state index in [2.05, 4.69) is 26.6 Å². The first-order valence-electron chi connectivity index (χ1n) is 23.0. The van der Waals surface area contributed by atoms with Gasteiger partial charge in [-0.15, -0.1) is 0 Å². The summed E-state index contributed by atoms with van der Waals surface area (Å²) in [6.45, 7) is 5.44. The Balaban J connectivity index is 1.59. The highest BCUT2D eigenvalue weighted by Crippen LogP contribution is 2.53. The molecule has 0 radical (unpaired) electrons. The van der Waals surface area contributed by atoms with Crippen molar-refractivity contribution in [3.05, 3.63) is 82.9 Å². The van der Waals surface area contributed by atoms with Gasteiger partial charge in [0, 0.05) is 47.3 Å². The number of guanidine groups is 1. The highest BCUT2D eigenvalue weighted by molar-refractivity contribution is 6.17. The number of carboxylic acids is 1. The Bertz CT molecular complexity index is 2540. The third-order valence-electron chi connectivity index (χ3n) is 12.6. The number of ketones is 2. The highest BCUT2D eigenvalue weighted by atomic mass is 16.5. The van der Waals surface area contributed by atoms with Gasteiger partial charge in [0.15, 0.2) is 23.1 Å². The molecule has 0 aromatic heterocycles. The largest absolute Gasteiger partial charge is 0.497 e. The van der Waals surface area contributed by atoms with Crippen molar-refractivity contribution < 1.29 is 57.7 Å². The van der Waals surface area contributed by atoms with Crippen LogP contribution in [-0.4, -0.2) is 127 Å². The minimum atomic E-state index is -2.83. The molecule has 382 valence electrons. The van der Waals surface area contributed by atoms with Crippen LogP contribution in [0, 0.1) is 5.41 Å². The summed E-state index contributed by atoms with van der Waals surface area (Å²) in [5, 5.41) is 30.2. The number of likely N-dealkylation sites (tertiary alicyclic amines) is 1. The molecule has 6 atom stereocenters. The summed E-state index contributed by atoms with van der Waals surface area (Å²) in [5.41, 5.74) is 14.9. The van der Waals surface area contributed by atoms with Crippen molar-refractivity contribution in [1.29, 1.82) is 5.41 Å². The lowest BCUT2D eigenvalue weighted by Gasteiger charge is -2.42. The van der Waals surface area contributed by atoms with Crippen LogP contribution in [0.1, 0.15) is 82.1 Å². The topological polar surface area (TPSA) is 350 Å². The first-order chi connectivity index (χ1) is 33.5. The van der Waals surface area contributed by atoms with Gasteiger partial charge in [0.1, 0.15) is 41.1 Å². The van der Waals surface area contributed by atoms with Crippen LogP contribution in [0.5, 0.6) is 23.0 Å². The molecule has 0 aliphatic carbocycles. The van der Waals surface area contributed by atoms with E-state index in [1.54, 1.807) is 44.2 Å². The number of rotatable bonds is 23. The fourth-order valence-corrected chi connectivity index (χ4v) is 8.95. The van der Waals surface area contributed by atoms with Gasteiger partial charge in [-0.25, -0.2) is 0 Å². The Morgan fingerprint density at radius 1 is 0.915 bits per heavy atom. The van der Waals surface area contributed by atoms with Crippen LogP contribution in [-0.2, 0) is 55.7 Å². The van der Waals surface area contributed by atoms with Crippen molar-refractivity contribution in [2.45, 2.75) is 107 Å². The fraction of sp³-hybridized carbons (Fsp3) is 0.449. The molecule has 1 saturated heterocycles. The van der Waals surface area contributed by atoms with Crippen LogP contribution in [0.4, 0.5) is 0 Å². The van der Waals surface area contributed by atoms with Crippen LogP contribution in [0.3, 0.4) is 0 Å². The Kier molecular flexibility index (Phi) is 17.9. The van der Waals surface area contributed by atoms with Crippen molar-refractivity contribution in [2.75, 3.05) is 33.9 Å². The molecule has 2 aliphatic rings. The number of aliphatic carboxylic acids is 1. The molecule has 13 N–H and O–H groups in total. The molecule has 0 spiro atoms. The molecular formula is C49H64N10O12. The maximum absolute atomic E-state index is 15.7. The monoisotopic (exact) mass is 984 g/mol. The second kappa shape index (κ2) is 23.3. The Labute approximate surface area is 410 Å². The number of nitrogens with zero attached hydrogens (tertiary/aromatic N) is 1. The standard InChI is InChI=1S/C49H64N10O12/c1-26(50)43(65)57-34(14-10-18-54-47(52)53)44(66)55-25-39(61)56-35(24-40(62)63)42(64)49(27(2)60,58-45(67)36-15-11-19-59(36)46(68)33(51)20-28-12-8-7-9-13-28)32-21-30(70-6)23-38-41(32)48(3,4)31-17-16-29(69-5)22-37(31)71-38/h7-9,12-13,16-17,21-23,26,33-36H,10-11,14-15,18-20,24-25,50-51H2,1-6H3,(H,55,66)(H,56,61)(H,57,65)(H,58,67)(H,62,63)(H4,52,53,54)/t26-,33-,34-,35-,36-,49?/m0/s1. The Morgan fingerprint density at radius 2 is 1.59 bits per heavy atom. The fourth-order valence-electron chi connectivity index (χ4n) is 8.95. The minimum absolute atomic E-state index is 0.0130. The molecule has 0 bridgehead atoms. The normalized spacial score (nSPS) is 16.9. The molecule has 1 unspecified atom stereocenters. The third kappa shape index (κ3) is 12.6. The number of amides is 5. The van der Waals surface area contributed by atoms with Gasteiger partial charge in [-0.2, -0.15) is 0 Å². The van der Waals surface area contributed by atoms with Crippen molar-refractivity contribution in [2.24, 2.45) is 17.2 Å². The van der Waals surface area contributed by atoms with Crippen molar-refractivity contribution in [3.63, 3.8) is 0 Å². The van der Waals surface area contributed by atoms with Crippen LogP contribution < -0.4 is 58.0 Å². The molecule has 3 aromatic carbocycles. The number of carbonyl (C=O) groups excluding carboxylic acids is 7. The number of nitrogens with one attached hydrogen (secondary N) is 6. The average Bonchev–Trinajstić information content (AvgIpc) is 3.82. The lowest BCUT2D eigenvalue weighted by atomic mass is 9.67. The van der Waals surface area contributed by atoms with Gasteiger partial charge in [0.25, 0.3) is 0 Å². The van der Waals surface area contributed by atoms with E-state index in [1.807, 2.05) is 18.2 Å². The lowest BCUT2D eigenvalue weighted by Crippen LogP contribution is -2.65. The van der Waals surface area contributed by atoms with Crippen LogP contribution in [0.15, 0.2) is 60.7 Å². The summed E-state index contributed by atoms with van der Waals surface area (Å²) in [7, 11) is 2.80. The number of Topliss-reactive ketones (excluding diaryl/α,β-unsaturated/α-hetero) is 2. The van der Waals surface area contributed by atoms with Crippen molar-refractivity contribution >= 4 is 53.0 Å². The summed E-state index contributed by atoms with van der Waals surface area (Å²) in [6, 6.07) is 10.4. The number of hydrogen-bond donors (Lipinski definition) is 10. The number of hydrogen-bond acceptors (Lipinski definition) is 14. The second-order valence-electron chi connectivity index (χ2n) is 18.1.